The second-order valence-electron chi connectivity index (χ2n) is 10.7. The normalized spacial score (nSPS) is 10.1. The van der Waals surface area contributed by atoms with Gasteiger partial charge in [0.05, 0.1) is 12.2 Å². The van der Waals surface area contributed by atoms with E-state index in [1.165, 1.54) is 0 Å². The monoisotopic (exact) mass is 626 g/mol. The average molecular weight is 627 g/mol. The molecule has 7 nitrogen and oxygen atoms in total. The predicted octanol–water partition coefficient (Wildman–Crippen LogP) is 8.26. The lowest BCUT2D eigenvalue weighted by atomic mass is 10.0. The molecule has 47 heavy (non-hydrogen) atoms. The van der Waals surface area contributed by atoms with E-state index in [1.54, 1.807) is 69.3 Å². The van der Waals surface area contributed by atoms with Crippen molar-refractivity contribution in [2.45, 2.75) is 27.7 Å². The van der Waals surface area contributed by atoms with Crippen molar-refractivity contribution in [3.05, 3.63) is 133 Å². The summed E-state index contributed by atoms with van der Waals surface area (Å²) in [4.78, 5) is 36.3. The van der Waals surface area contributed by atoms with Crippen LogP contribution in [0.15, 0.2) is 121 Å². The van der Waals surface area contributed by atoms with Crippen LogP contribution < -0.4 is 18.9 Å². The van der Waals surface area contributed by atoms with Crippen LogP contribution in [-0.2, 0) is 14.4 Å². The van der Waals surface area contributed by atoms with E-state index in [0.29, 0.717) is 46.1 Å². The van der Waals surface area contributed by atoms with E-state index in [1.807, 2.05) is 43.3 Å². The molecule has 0 spiro atoms. The Kier molecular flexibility index (Phi) is 10.9. The van der Waals surface area contributed by atoms with Crippen molar-refractivity contribution >= 4 is 17.9 Å². The molecule has 0 aliphatic carbocycles. The summed E-state index contributed by atoms with van der Waals surface area (Å²) < 4.78 is 22.2. The first-order chi connectivity index (χ1) is 22.4. The fraction of sp³-hybridized carbons (Fsp3) is 0.125. The Balaban J connectivity index is 1.64. The molecule has 0 unspecified atom stereocenters. The van der Waals surface area contributed by atoms with Gasteiger partial charge in [-0.05, 0) is 86.8 Å². The van der Waals surface area contributed by atoms with Crippen LogP contribution in [0, 0.1) is 11.8 Å². The largest absolute Gasteiger partial charge is 0.493 e. The highest BCUT2D eigenvalue weighted by Crippen LogP contribution is 2.37. The summed E-state index contributed by atoms with van der Waals surface area (Å²) >= 11 is 0. The number of benzene rings is 4. The highest BCUT2D eigenvalue weighted by molar-refractivity contribution is 5.91. The van der Waals surface area contributed by atoms with Crippen LogP contribution in [0.1, 0.15) is 38.8 Å². The molecule has 0 aliphatic heterocycles. The van der Waals surface area contributed by atoms with Crippen LogP contribution in [0.2, 0.25) is 0 Å². The third-order valence-corrected chi connectivity index (χ3v) is 6.63. The first-order valence-electron chi connectivity index (χ1n) is 14.7. The molecule has 0 atom stereocenters. The average Bonchev–Trinajstić information content (AvgIpc) is 3.05. The summed E-state index contributed by atoms with van der Waals surface area (Å²) in [5, 5.41) is 0. The molecular formula is C40H34O7. The predicted molar refractivity (Wildman–Crippen MR) is 182 cm³/mol. The van der Waals surface area contributed by atoms with E-state index in [0.717, 1.165) is 16.7 Å². The molecule has 0 fully saturated rings. The maximum absolute atomic E-state index is 12.6. The van der Waals surface area contributed by atoms with Crippen LogP contribution in [0.5, 0.6) is 23.0 Å². The number of ether oxygens (including phenoxy) is 4. The Morgan fingerprint density at radius 3 is 1.49 bits per heavy atom. The molecule has 236 valence electrons. The molecule has 0 aromatic heterocycles. The summed E-state index contributed by atoms with van der Waals surface area (Å²) in [6, 6.07) is 25.1. The van der Waals surface area contributed by atoms with Crippen LogP contribution in [0.4, 0.5) is 0 Å². The first-order valence-corrected chi connectivity index (χ1v) is 14.7. The summed E-state index contributed by atoms with van der Waals surface area (Å²) in [5.74, 6) is 6.31. The Hall–Kier alpha value is -6.13. The number of rotatable bonds is 10. The Morgan fingerprint density at radius 2 is 1.02 bits per heavy atom. The van der Waals surface area contributed by atoms with Crippen molar-refractivity contribution in [3.63, 3.8) is 0 Å². The van der Waals surface area contributed by atoms with Gasteiger partial charge in [0.2, 0.25) is 0 Å². The topological polar surface area (TPSA) is 88.1 Å². The molecule has 0 aliphatic rings. The number of carbonyl (C=O) groups excluding carboxylic acids is 3. The van der Waals surface area contributed by atoms with Gasteiger partial charge in [0, 0.05) is 33.9 Å². The molecule has 7 heteroatoms. The van der Waals surface area contributed by atoms with Gasteiger partial charge in [0.1, 0.15) is 23.0 Å². The first kappa shape index (κ1) is 33.8. The van der Waals surface area contributed by atoms with Crippen LogP contribution in [0.25, 0.3) is 22.3 Å². The van der Waals surface area contributed by atoms with Gasteiger partial charge in [0.15, 0.2) is 0 Å². The second kappa shape index (κ2) is 15.2. The maximum atomic E-state index is 12.6. The Bertz CT molecular complexity index is 1920. The highest BCUT2D eigenvalue weighted by atomic mass is 16.5. The zero-order valence-corrected chi connectivity index (χ0v) is 26.8. The van der Waals surface area contributed by atoms with Crippen LogP contribution in [0.3, 0.4) is 0 Å². The lowest BCUT2D eigenvalue weighted by Crippen LogP contribution is -2.10. The minimum absolute atomic E-state index is 0.238. The summed E-state index contributed by atoms with van der Waals surface area (Å²) in [6.45, 7) is 17.9. The molecule has 4 aromatic rings. The lowest BCUT2D eigenvalue weighted by Gasteiger charge is -2.15. The van der Waals surface area contributed by atoms with Gasteiger partial charge in [-0.2, -0.15) is 0 Å². The molecular weight excluding hydrogens is 592 g/mol. The van der Waals surface area contributed by atoms with Crippen molar-refractivity contribution < 1.29 is 33.3 Å². The van der Waals surface area contributed by atoms with Crippen LogP contribution >= 0.6 is 0 Å². The summed E-state index contributed by atoms with van der Waals surface area (Å²) in [5.41, 5.74) is 5.31. The number of esters is 3. The molecule has 4 rings (SSSR count). The standard InChI is InChI=1S/C40H34O7/c1-8-44-36-24-35(31-17-21-34(22-18-31)46-39(42)26(4)5)37(47-40(43)27(6)7)23-32(36)14-11-28-9-12-29(13-10-28)30-15-19-33(20-16-30)45-38(41)25(2)3/h9-10,12-13,15-24H,2,4,6,8H2,1,3,5,7H3. The zero-order valence-electron chi connectivity index (χ0n) is 26.8. The molecule has 0 bridgehead atoms. The summed E-state index contributed by atoms with van der Waals surface area (Å²) in [7, 11) is 0. The number of hydrogen-bond acceptors (Lipinski definition) is 7. The fourth-order valence-corrected chi connectivity index (χ4v) is 4.12. The van der Waals surface area contributed by atoms with E-state index in [4.69, 9.17) is 18.9 Å². The molecule has 4 aromatic carbocycles. The van der Waals surface area contributed by atoms with Gasteiger partial charge in [-0.3, -0.25) is 0 Å². The van der Waals surface area contributed by atoms with Crippen molar-refractivity contribution in [3.8, 4) is 57.1 Å². The third-order valence-electron chi connectivity index (χ3n) is 6.63. The van der Waals surface area contributed by atoms with E-state index in [9.17, 15) is 14.4 Å². The van der Waals surface area contributed by atoms with Crippen molar-refractivity contribution in [1.82, 2.24) is 0 Å². The Labute approximate surface area is 274 Å². The summed E-state index contributed by atoms with van der Waals surface area (Å²) in [6.07, 6.45) is 0. The number of hydrogen-bond donors (Lipinski definition) is 0. The van der Waals surface area contributed by atoms with E-state index in [-0.39, 0.29) is 16.9 Å². The third kappa shape index (κ3) is 8.96. The van der Waals surface area contributed by atoms with Gasteiger partial charge >= 0.3 is 17.9 Å². The minimum Gasteiger partial charge on any atom is -0.493 e. The SMILES string of the molecule is C=C(C)C(=O)Oc1ccc(-c2ccc(C#Cc3cc(OC(=O)C(=C)C)c(-c4ccc(OC(=O)C(=C)C)cc4)cc3OCC)cc2)cc1. The van der Waals surface area contributed by atoms with Gasteiger partial charge in [-0.15, -0.1) is 0 Å². The van der Waals surface area contributed by atoms with Gasteiger partial charge in [0.25, 0.3) is 0 Å². The smallest absolute Gasteiger partial charge is 0.338 e. The Morgan fingerprint density at radius 1 is 0.574 bits per heavy atom. The van der Waals surface area contributed by atoms with Crippen LogP contribution in [-0.4, -0.2) is 24.5 Å². The van der Waals surface area contributed by atoms with Crippen molar-refractivity contribution in [2.24, 2.45) is 0 Å². The maximum Gasteiger partial charge on any atom is 0.338 e. The van der Waals surface area contributed by atoms with E-state index in [2.05, 4.69) is 31.6 Å². The second-order valence-corrected chi connectivity index (χ2v) is 10.7. The van der Waals surface area contributed by atoms with Gasteiger partial charge < -0.3 is 18.9 Å². The molecule has 0 saturated heterocycles. The van der Waals surface area contributed by atoms with Crippen molar-refractivity contribution in [1.29, 1.82) is 0 Å². The van der Waals surface area contributed by atoms with E-state index >= 15 is 0 Å². The molecule has 0 amide bonds. The molecule has 0 heterocycles. The minimum atomic E-state index is -0.584. The zero-order chi connectivity index (χ0) is 34.1. The van der Waals surface area contributed by atoms with Gasteiger partial charge in [-0.25, -0.2) is 14.4 Å². The number of carbonyl (C=O) groups is 3. The van der Waals surface area contributed by atoms with Gasteiger partial charge in [-0.1, -0.05) is 68.0 Å². The lowest BCUT2D eigenvalue weighted by molar-refractivity contribution is -0.130. The molecule has 0 N–H and O–H groups in total. The fourth-order valence-electron chi connectivity index (χ4n) is 4.12. The highest BCUT2D eigenvalue weighted by Gasteiger charge is 2.17. The quantitative estimate of drug-likeness (QED) is 0.0758. The van der Waals surface area contributed by atoms with Crippen molar-refractivity contribution in [2.75, 3.05) is 6.61 Å². The van der Waals surface area contributed by atoms with E-state index < -0.39 is 17.9 Å². The molecule has 0 saturated carbocycles. The molecule has 0 radical (unpaired) electrons.